The molecule has 1 aliphatic rings. The molecule has 0 unspecified atom stereocenters. The molecule has 4 aromatic rings. The molecule has 0 N–H and O–H groups in total. The van der Waals surface area contributed by atoms with Gasteiger partial charge in [0.05, 0.1) is 22.4 Å². The molecule has 1 aliphatic carbocycles. The number of nitrogens with zero attached hydrogens (tertiary/aromatic N) is 2. The number of para-hydroxylation sites is 1. The maximum atomic E-state index is 5.38. The molecule has 0 saturated carbocycles. The van der Waals surface area contributed by atoms with Crippen LogP contribution in [-0.2, 0) is 19.3 Å². The van der Waals surface area contributed by atoms with Crippen LogP contribution in [0.2, 0.25) is 0 Å². The summed E-state index contributed by atoms with van der Waals surface area (Å²) in [6.07, 6.45) is 19.0. The molecule has 0 aliphatic heterocycles. The molecule has 0 amide bonds. The van der Waals surface area contributed by atoms with Crippen LogP contribution in [0.3, 0.4) is 0 Å². The molecular weight excluding hydrogens is 489 g/mol. The van der Waals surface area contributed by atoms with Crippen molar-refractivity contribution in [3.8, 4) is 20.2 Å². The number of aromatic nitrogens is 2. The Balaban J connectivity index is 1.38. The van der Waals surface area contributed by atoms with E-state index in [2.05, 4.69) is 49.6 Å². The first kappa shape index (κ1) is 26.6. The zero-order valence-electron chi connectivity index (χ0n) is 22.8. The number of rotatable bonds is 15. The smallest absolute Gasteiger partial charge is 0.0976 e. The molecule has 1 aromatic carbocycles. The first-order valence-electron chi connectivity index (χ1n) is 14.8. The topological polar surface area (TPSA) is 25.8 Å². The fourth-order valence-electron chi connectivity index (χ4n) is 5.66. The third kappa shape index (κ3) is 6.34. The van der Waals surface area contributed by atoms with Gasteiger partial charge in [-0.05, 0) is 60.4 Å². The lowest BCUT2D eigenvalue weighted by Gasteiger charge is -2.12. The number of fused-ring (bicyclic) bond motifs is 4. The van der Waals surface area contributed by atoms with Gasteiger partial charge in [-0.2, -0.15) is 0 Å². The van der Waals surface area contributed by atoms with Crippen LogP contribution in [0, 0.1) is 0 Å². The molecule has 196 valence electrons. The quantitative estimate of drug-likeness (QED) is 0.126. The lowest BCUT2D eigenvalue weighted by Crippen LogP contribution is -2.04. The van der Waals surface area contributed by atoms with Crippen molar-refractivity contribution in [1.29, 1.82) is 0 Å². The first-order chi connectivity index (χ1) is 18.3. The molecule has 5 rings (SSSR count). The molecule has 2 nitrogen and oxygen atoms in total. The van der Waals surface area contributed by atoms with Crippen LogP contribution in [0.25, 0.3) is 31.2 Å². The molecule has 0 atom stereocenters. The van der Waals surface area contributed by atoms with Crippen molar-refractivity contribution in [2.45, 2.75) is 110 Å². The van der Waals surface area contributed by atoms with Gasteiger partial charge in [-0.3, -0.25) is 0 Å². The summed E-state index contributed by atoms with van der Waals surface area (Å²) in [6, 6.07) is 11.3. The average Bonchev–Trinajstić information content (AvgIpc) is 3.61. The van der Waals surface area contributed by atoms with E-state index in [0.717, 1.165) is 30.3 Å². The van der Waals surface area contributed by atoms with Gasteiger partial charge in [-0.1, -0.05) is 90.2 Å². The number of benzene rings is 1. The highest BCUT2D eigenvalue weighted by molar-refractivity contribution is 7.23. The van der Waals surface area contributed by atoms with E-state index in [9.17, 15) is 0 Å². The van der Waals surface area contributed by atoms with Crippen molar-refractivity contribution in [2.75, 3.05) is 0 Å². The zero-order chi connectivity index (χ0) is 25.5. The van der Waals surface area contributed by atoms with Crippen LogP contribution in [0.15, 0.2) is 35.7 Å². The Labute approximate surface area is 231 Å². The molecule has 0 fully saturated rings. The van der Waals surface area contributed by atoms with Crippen molar-refractivity contribution < 1.29 is 0 Å². The second-order valence-electron chi connectivity index (χ2n) is 10.7. The van der Waals surface area contributed by atoms with Crippen molar-refractivity contribution in [1.82, 2.24) is 9.97 Å². The summed E-state index contributed by atoms with van der Waals surface area (Å²) in [4.78, 5) is 14.9. The zero-order valence-corrected chi connectivity index (χ0v) is 24.4. The highest BCUT2D eigenvalue weighted by atomic mass is 32.1. The standard InChI is InChI=1S/C33H42N2S2/c1-3-5-7-9-11-13-17-27-28(18-14-12-10-8-6-4-2)35-31-26(16-15-19-29(31)34-27)30-23-25-22-24-20-21-36-32(24)33(25)37-30/h15-16,19-21,23H,3-14,17-18,22H2,1-2H3. The fraction of sp³-hybridized carbons (Fsp3) is 0.515. The van der Waals surface area contributed by atoms with E-state index < -0.39 is 0 Å². The van der Waals surface area contributed by atoms with Crippen LogP contribution < -0.4 is 0 Å². The largest absolute Gasteiger partial charge is 0.249 e. The van der Waals surface area contributed by atoms with Crippen LogP contribution in [0.5, 0.6) is 0 Å². The van der Waals surface area contributed by atoms with Crippen LogP contribution in [-0.4, -0.2) is 9.97 Å². The Kier molecular flexibility index (Phi) is 9.44. The van der Waals surface area contributed by atoms with Gasteiger partial charge >= 0.3 is 0 Å². The summed E-state index contributed by atoms with van der Waals surface area (Å²) in [7, 11) is 0. The normalized spacial score (nSPS) is 12.4. The maximum Gasteiger partial charge on any atom is 0.0976 e. The average molecular weight is 531 g/mol. The van der Waals surface area contributed by atoms with Crippen molar-refractivity contribution in [2.24, 2.45) is 0 Å². The van der Waals surface area contributed by atoms with Crippen molar-refractivity contribution in [3.63, 3.8) is 0 Å². The van der Waals surface area contributed by atoms with E-state index in [0.29, 0.717) is 0 Å². The monoisotopic (exact) mass is 530 g/mol. The minimum Gasteiger partial charge on any atom is -0.249 e. The van der Waals surface area contributed by atoms with Gasteiger partial charge in [0.1, 0.15) is 0 Å². The summed E-state index contributed by atoms with van der Waals surface area (Å²) in [5.74, 6) is 0. The summed E-state index contributed by atoms with van der Waals surface area (Å²) in [5, 5.41) is 2.23. The van der Waals surface area contributed by atoms with E-state index in [-0.39, 0.29) is 0 Å². The van der Waals surface area contributed by atoms with E-state index in [1.165, 1.54) is 120 Å². The lowest BCUT2D eigenvalue weighted by molar-refractivity contribution is 0.593. The Morgan fingerprint density at radius 2 is 1.38 bits per heavy atom. The van der Waals surface area contributed by atoms with Crippen molar-refractivity contribution in [3.05, 3.63) is 58.2 Å². The van der Waals surface area contributed by atoms with E-state index in [1.54, 1.807) is 0 Å². The number of hydrogen-bond donors (Lipinski definition) is 0. The molecule has 0 spiro atoms. The van der Waals surface area contributed by atoms with Gasteiger partial charge in [0, 0.05) is 26.6 Å². The van der Waals surface area contributed by atoms with Gasteiger partial charge in [0.2, 0.25) is 0 Å². The second kappa shape index (κ2) is 13.2. The summed E-state index contributed by atoms with van der Waals surface area (Å²) >= 11 is 3.83. The van der Waals surface area contributed by atoms with E-state index in [1.807, 2.05) is 22.7 Å². The number of hydrogen-bond acceptors (Lipinski definition) is 4. The molecule has 0 bridgehead atoms. The molecule has 0 radical (unpaired) electrons. The minimum absolute atomic E-state index is 1.06. The predicted octanol–water partition coefficient (Wildman–Crippen LogP) is 10.8. The van der Waals surface area contributed by atoms with Crippen LogP contribution in [0.4, 0.5) is 0 Å². The van der Waals surface area contributed by atoms with Crippen molar-refractivity contribution >= 4 is 33.7 Å². The van der Waals surface area contributed by atoms with E-state index in [4.69, 9.17) is 9.97 Å². The number of aryl methyl sites for hydroxylation is 2. The Morgan fingerprint density at radius 3 is 2.11 bits per heavy atom. The minimum atomic E-state index is 1.06. The Morgan fingerprint density at radius 1 is 0.703 bits per heavy atom. The van der Waals surface area contributed by atoms with Gasteiger partial charge in [0.15, 0.2) is 0 Å². The molecular formula is C33H42N2S2. The highest BCUT2D eigenvalue weighted by Crippen LogP contribution is 2.48. The Bertz CT molecular complexity index is 1300. The first-order valence-corrected chi connectivity index (χ1v) is 16.5. The lowest BCUT2D eigenvalue weighted by atomic mass is 10.0. The fourth-order valence-corrected chi connectivity index (χ4v) is 8.01. The molecule has 3 heterocycles. The van der Waals surface area contributed by atoms with Gasteiger partial charge < -0.3 is 0 Å². The molecule has 0 saturated heterocycles. The SMILES string of the molecule is CCCCCCCCc1nc2cccc(-c3cc4c(s3)-c3sccc3C4)c2nc1CCCCCCCC. The van der Waals surface area contributed by atoms with Crippen LogP contribution >= 0.6 is 22.7 Å². The maximum absolute atomic E-state index is 5.38. The summed E-state index contributed by atoms with van der Waals surface area (Å²) in [5.41, 5.74) is 8.92. The third-order valence-electron chi connectivity index (χ3n) is 7.79. The summed E-state index contributed by atoms with van der Waals surface area (Å²) in [6.45, 7) is 4.58. The van der Waals surface area contributed by atoms with Gasteiger partial charge in [-0.15, -0.1) is 22.7 Å². The van der Waals surface area contributed by atoms with Gasteiger partial charge in [0.25, 0.3) is 0 Å². The molecule has 3 aromatic heterocycles. The highest BCUT2D eigenvalue weighted by Gasteiger charge is 2.24. The summed E-state index contributed by atoms with van der Waals surface area (Å²) < 4.78 is 0. The van der Waals surface area contributed by atoms with Crippen LogP contribution in [0.1, 0.15) is 113 Å². The van der Waals surface area contributed by atoms with E-state index >= 15 is 0 Å². The predicted molar refractivity (Wildman–Crippen MR) is 163 cm³/mol. The molecule has 4 heteroatoms. The third-order valence-corrected chi connectivity index (χ3v) is 10.1. The number of unbranched alkanes of at least 4 members (excludes halogenated alkanes) is 10. The van der Waals surface area contributed by atoms with Gasteiger partial charge in [-0.25, -0.2) is 9.97 Å². The molecule has 37 heavy (non-hydrogen) atoms. The second-order valence-corrected chi connectivity index (χ2v) is 12.7. The Hall–Kier alpha value is -2.04. The number of thiophene rings is 2.